The number of hydrogen-bond donors (Lipinski definition) is 2. The van der Waals surface area contributed by atoms with Crippen LogP contribution in [0.5, 0.6) is 11.5 Å². The summed E-state index contributed by atoms with van der Waals surface area (Å²) < 4.78 is 15.9. The van der Waals surface area contributed by atoms with E-state index in [0.29, 0.717) is 79.1 Å². The number of nitrogens with two attached hydrogens (primary N) is 1. The summed E-state index contributed by atoms with van der Waals surface area (Å²) in [7, 11) is 3.06. The molecule has 34 heavy (non-hydrogen) atoms. The normalized spacial score (nSPS) is 13.4. The standard InChI is InChI=1S/C24H31ClN4O5/c1-32-21-7-4-17(15-22(21)33-2)23(30)29(9-3-8-26)16-18-14-19(5-6-20(18)25)27-24(31)28-10-12-34-13-11-28/h4-7,14-15H,3,8-13,16,26H2,1-2H3,(H,27,31). The molecule has 2 aromatic rings. The molecule has 1 saturated heterocycles. The lowest BCUT2D eigenvalue weighted by Crippen LogP contribution is -2.43. The van der Waals surface area contributed by atoms with Gasteiger partial charge < -0.3 is 35.1 Å². The highest BCUT2D eigenvalue weighted by molar-refractivity contribution is 6.31. The van der Waals surface area contributed by atoms with Crippen LogP contribution in [0.2, 0.25) is 5.02 Å². The van der Waals surface area contributed by atoms with Crippen LogP contribution >= 0.6 is 11.6 Å². The molecular formula is C24H31ClN4O5. The first-order valence-corrected chi connectivity index (χ1v) is 11.5. The number of amides is 3. The minimum absolute atomic E-state index is 0.187. The molecule has 0 atom stereocenters. The van der Waals surface area contributed by atoms with E-state index in [0.717, 1.165) is 0 Å². The van der Waals surface area contributed by atoms with Gasteiger partial charge in [0, 0.05) is 42.5 Å². The van der Waals surface area contributed by atoms with Crippen molar-refractivity contribution >= 4 is 29.2 Å². The van der Waals surface area contributed by atoms with Gasteiger partial charge in [-0.2, -0.15) is 0 Å². The first kappa shape index (κ1) is 25.6. The van der Waals surface area contributed by atoms with E-state index in [4.69, 9.17) is 31.5 Å². The predicted molar refractivity (Wildman–Crippen MR) is 131 cm³/mol. The Labute approximate surface area is 204 Å². The van der Waals surface area contributed by atoms with Crippen molar-refractivity contribution in [1.29, 1.82) is 0 Å². The Morgan fingerprint density at radius 1 is 1.12 bits per heavy atom. The molecule has 0 aliphatic carbocycles. The molecule has 0 spiro atoms. The fourth-order valence-electron chi connectivity index (χ4n) is 3.63. The van der Waals surface area contributed by atoms with E-state index in [1.807, 2.05) is 0 Å². The van der Waals surface area contributed by atoms with Crippen molar-refractivity contribution in [3.05, 3.63) is 52.5 Å². The lowest BCUT2D eigenvalue weighted by molar-refractivity contribution is 0.0564. The van der Waals surface area contributed by atoms with Crippen LogP contribution in [-0.2, 0) is 11.3 Å². The molecule has 0 radical (unpaired) electrons. The third-order valence-corrected chi connectivity index (χ3v) is 5.88. The number of methoxy groups -OCH3 is 2. The van der Waals surface area contributed by atoms with Gasteiger partial charge in [-0.15, -0.1) is 0 Å². The quantitative estimate of drug-likeness (QED) is 0.559. The molecule has 3 amide bonds. The highest BCUT2D eigenvalue weighted by Crippen LogP contribution is 2.29. The lowest BCUT2D eigenvalue weighted by Gasteiger charge is -2.27. The van der Waals surface area contributed by atoms with E-state index < -0.39 is 0 Å². The van der Waals surface area contributed by atoms with E-state index >= 15 is 0 Å². The number of halogens is 1. The van der Waals surface area contributed by atoms with Gasteiger partial charge in [-0.3, -0.25) is 4.79 Å². The number of anilines is 1. The van der Waals surface area contributed by atoms with Crippen molar-refractivity contribution in [2.75, 3.05) is 58.9 Å². The molecule has 2 aromatic carbocycles. The molecule has 10 heteroatoms. The topological polar surface area (TPSA) is 106 Å². The van der Waals surface area contributed by atoms with Gasteiger partial charge in [0.15, 0.2) is 11.5 Å². The Hall–Kier alpha value is -3.01. The molecule has 1 aliphatic heterocycles. The van der Waals surface area contributed by atoms with Crippen LogP contribution in [0.1, 0.15) is 22.3 Å². The van der Waals surface area contributed by atoms with Crippen LogP contribution in [0.25, 0.3) is 0 Å². The number of carbonyl (C=O) groups is 2. The van der Waals surface area contributed by atoms with E-state index in [2.05, 4.69) is 5.32 Å². The fraction of sp³-hybridized carbons (Fsp3) is 0.417. The largest absolute Gasteiger partial charge is 0.493 e. The summed E-state index contributed by atoms with van der Waals surface area (Å²) in [5.41, 5.74) is 7.49. The van der Waals surface area contributed by atoms with Crippen molar-refractivity contribution in [2.24, 2.45) is 5.73 Å². The Morgan fingerprint density at radius 3 is 2.53 bits per heavy atom. The summed E-state index contributed by atoms with van der Waals surface area (Å²) in [5, 5.41) is 3.41. The molecule has 1 fully saturated rings. The molecule has 3 rings (SSSR count). The highest BCUT2D eigenvalue weighted by atomic mass is 35.5. The van der Waals surface area contributed by atoms with Gasteiger partial charge in [0.1, 0.15) is 0 Å². The molecule has 3 N–H and O–H groups in total. The van der Waals surface area contributed by atoms with Gasteiger partial charge in [0.2, 0.25) is 0 Å². The summed E-state index contributed by atoms with van der Waals surface area (Å²) in [6.07, 6.45) is 0.629. The average molecular weight is 491 g/mol. The van der Waals surface area contributed by atoms with Crippen molar-refractivity contribution in [3.8, 4) is 11.5 Å². The summed E-state index contributed by atoms with van der Waals surface area (Å²) in [6, 6.07) is 10.1. The number of ether oxygens (including phenoxy) is 3. The highest BCUT2D eigenvalue weighted by Gasteiger charge is 2.20. The SMILES string of the molecule is COc1ccc(C(=O)N(CCCN)Cc2cc(NC(=O)N3CCOCC3)ccc2Cl)cc1OC. The van der Waals surface area contributed by atoms with Gasteiger partial charge in [-0.1, -0.05) is 11.6 Å². The zero-order valence-corrected chi connectivity index (χ0v) is 20.3. The zero-order chi connectivity index (χ0) is 24.5. The molecule has 184 valence electrons. The van der Waals surface area contributed by atoms with Crippen LogP contribution < -0.4 is 20.5 Å². The van der Waals surface area contributed by atoms with Crippen molar-refractivity contribution < 1.29 is 23.8 Å². The molecule has 9 nitrogen and oxygen atoms in total. The first-order chi connectivity index (χ1) is 16.5. The molecular weight excluding hydrogens is 460 g/mol. The summed E-state index contributed by atoms with van der Waals surface area (Å²) in [5.74, 6) is 0.825. The molecule has 0 saturated carbocycles. The summed E-state index contributed by atoms with van der Waals surface area (Å²) in [4.78, 5) is 29.3. The average Bonchev–Trinajstić information content (AvgIpc) is 2.87. The van der Waals surface area contributed by atoms with Gasteiger partial charge >= 0.3 is 6.03 Å². The van der Waals surface area contributed by atoms with Crippen LogP contribution in [0.4, 0.5) is 10.5 Å². The number of urea groups is 1. The maximum absolute atomic E-state index is 13.4. The zero-order valence-electron chi connectivity index (χ0n) is 19.5. The summed E-state index contributed by atoms with van der Waals surface area (Å²) >= 11 is 6.46. The number of morpholine rings is 1. The first-order valence-electron chi connectivity index (χ1n) is 11.1. The van der Waals surface area contributed by atoms with Crippen molar-refractivity contribution in [1.82, 2.24) is 9.80 Å². The lowest BCUT2D eigenvalue weighted by atomic mass is 10.1. The van der Waals surface area contributed by atoms with Gasteiger partial charge in [-0.25, -0.2) is 4.79 Å². The van der Waals surface area contributed by atoms with Gasteiger partial charge in [0.05, 0.1) is 27.4 Å². The summed E-state index contributed by atoms with van der Waals surface area (Å²) in [6.45, 7) is 3.27. The Kier molecular flexibility index (Phi) is 9.38. The predicted octanol–water partition coefficient (Wildman–Crippen LogP) is 3.21. The second-order valence-electron chi connectivity index (χ2n) is 7.77. The van der Waals surface area contributed by atoms with Crippen molar-refractivity contribution in [3.63, 3.8) is 0 Å². The third kappa shape index (κ3) is 6.53. The third-order valence-electron chi connectivity index (χ3n) is 5.51. The van der Waals surface area contributed by atoms with Gasteiger partial charge in [-0.05, 0) is 54.9 Å². The minimum Gasteiger partial charge on any atom is -0.493 e. The fourth-order valence-corrected chi connectivity index (χ4v) is 3.81. The Morgan fingerprint density at radius 2 is 1.85 bits per heavy atom. The second kappa shape index (κ2) is 12.5. The molecule has 1 aliphatic rings. The number of nitrogens with zero attached hydrogens (tertiary/aromatic N) is 2. The number of nitrogens with one attached hydrogen (secondary N) is 1. The van der Waals surface area contributed by atoms with E-state index in [1.54, 1.807) is 53.3 Å². The van der Waals surface area contributed by atoms with Crippen molar-refractivity contribution in [2.45, 2.75) is 13.0 Å². The maximum Gasteiger partial charge on any atom is 0.321 e. The van der Waals surface area contributed by atoms with E-state index in [-0.39, 0.29) is 18.5 Å². The Bertz CT molecular complexity index is 997. The van der Waals surface area contributed by atoms with E-state index in [9.17, 15) is 9.59 Å². The Balaban J connectivity index is 1.79. The maximum atomic E-state index is 13.4. The van der Waals surface area contributed by atoms with E-state index in [1.165, 1.54) is 7.11 Å². The van der Waals surface area contributed by atoms with Gasteiger partial charge in [0.25, 0.3) is 5.91 Å². The molecule has 1 heterocycles. The van der Waals surface area contributed by atoms with Crippen LogP contribution in [0, 0.1) is 0 Å². The van der Waals surface area contributed by atoms with Crippen LogP contribution in [-0.4, -0.2) is 75.4 Å². The number of rotatable bonds is 9. The smallest absolute Gasteiger partial charge is 0.321 e. The second-order valence-corrected chi connectivity index (χ2v) is 8.18. The molecule has 0 bridgehead atoms. The number of carbonyl (C=O) groups excluding carboxylic acids is 2. The number of hydrogen-bond acceptors (Lipinski definition) is 6. The molecule has 0 aromatic heterocycles. The van der Waals surface area contributed by atoms with Crippen LogP contribution in [0.3, 0.4) is 0 Å². The number of benzene rings is 2. The minimum atomic E-state index is -0.196. The molecule has 0 unspecified atom stereocenters. The monoisotopic (exact) mass is 490 g/mol. The van der Waals surface area contributed by atoms with Crippen LogP contribution in [0.15, 0.2) is 36.4 Å².